The van der Waals surface area contributed by atoms with E-state index in [-0.39, 0.29) is 28.1 Å². The number of benzene rings is 1. The average molecular weight is 313 g/mol. The van der Waals surface area contributed by atoms with Gasteiger partial charge in [0.15, 0.2) is 0 Å². The number of nitrogen functional groups attached to an aromatic ring is 1. The number of nitrogens with two attached hydrogens (primary N) is 1. The first-order valence-corrected chi connectivity index (χ1v) is 7.20. The van der Waals surface area contributed by atoms with Crippen LogP contribution in [-0.2, 0) is 14.8 Å². The second kappa shape index (κ2) is 6.08. The summed E-state index contributed by atoms with van der Waals surface area (Å²) in [5.41, 5.74) is 5.84. The van der Waals surface area contributed by atoms with Crippen molar-refractivity contribution in [3.63, 3.8) is 0 Å². The summed E-state index contributed by atoms with van der Waals surface area (Å²) in [6.07, 6.45) is 0. The third-order valence-corrected chi connectivity index (χ3v) is 5.08. The zero-order chi connectivity index (χ0) is 13.9. The molecular formula is C10H14Cl2N2O3S. The smallest absolute Gasteiger partial charge is 0.245 e. The highest BCUT2D eigenvalue weighted by Crippen LogP contribution is 2.33. The zero-order valence-corrected chi connectivity index (χ0v) is 12.3. The highest BCUT2D eigenvalue weighted by Gasteiger charge is 2.26. The van der Waals surface area contributed by atoms with Gasteiger partial charge in [0.05, 0.1) is 16.7 Å². The SMILES string of the molecule is COCCN(C)S(=O)(=O)c1c(Cl)cc(N)cc1Cl. The Morgan fingerprint density at radius 2 is 1.83 bits per heavy atom. The Kier molecular flexibility index (Phi) is 5.24. The van der Waals surface area contributed by atoms with Gasteiger partial charge in [0, 0.05) is 26.4 Å². The molecule has 0 radical (unpaired) electrons. The quantitative estimate of drug-likeness (QED) is 0.842. The molecule has 1 rings (SSSR count). The Hall–Kier alpha value is -0.530. The molecule has 0 fully saturated rings. The Morgan fingerprint density at radius 3 is 2.28 bits per heavy atom. The second-order valence-corrected chi connectivity index (χ2v) is 6.43. The van der Waals surface area contributed by atoms with Gasteiger partial charge in [-0.25, -0.2) is 8.42 Å². The van der Waals surface area contributed by atoms with Crippen molar-refractivity contribution < 1.29 is 13.2 Å². The summed E-state index contributed by atoms with van der Waals surface area (Å²) >= 11 is 11.8. The lowest BCUT2D eigenvalue weighted by Crippen LogP contribution is -2.30. The summed E-state index contributed by atoms with van der Waals surface area (Å²) in [7, 11) is -0.838. The van der Waals surface area contributed by atoms with Gasteiger partial charge in [-0.05, 0) is 12.1 Å². The minimum atomic E-state index is -3.76. The number of rotatable bonds is 5. The average Bonchev–Trinajstić information content (AvgIpc) is 2.23. The predicted octanol–water partition coefficient (Wildman–Crippen LogP) is 1.84. The van der Waals surface area contributed by atoms with E-state index in [2.05, 4.69) is 0 Å². The highest BCUT2D eigenvalue weighted by molar-refractivity contribution is 7.89. The number of methoxy groups -OCH3 is 1. The van der Waals surface area contributed by atoms with Gasteiger partial charge >= 0.3 is 0 Å². The van der Waals surface area contributed by atoms with E-state index in [9.17, 15) is 8.42 Å². The largest absolute Gasteiger partial charge is 0.399 e. The van der Waals surface area contributed by atoms with Crippen molar-refractivity contribution in [2.45, 2.75) is 4.90 Å². The fourth-order valence-corrected chi connectivity index (χ4v) is 3.65. The van der Waals surface area contributed by atoms with Crippen LogP contribution < -0.4 is 5.73 Å². The summed E-state index contributed by atoms with van der Waals surface area (Å²) < 4.78 is 30.5. The normalized spacial score (nSPS) is 12.1. The number of ether oxygens (including phenoxy) is 1. The van der Waals surface area contributed by atoms with Crippen LogP contribution in [0.2, 0.25) is 10.0 Å². The van der Waals surface area contributed by atoms with E-state index in [1.165, 1.54) is 26.3 Å². The summed E-state index contributed by atoms with van der Waals surface area (Å²) in [5.74, 6) is 0. The van der Waals surface area contributed by atoms with Crippen molar-refractivity contribution in [1.82, 2.24) is 4.31 Å². The van der Waals surface area contributed by atoms with Gasteiger partial charge in [0.25, 0.3) is 0 Å². The van der Waals surface area contributed by atoms with Crippen LogP contribution in [0.25, 0.3) is 0 Å². The minimum Gasteiger partial charge on any atom is -0.399 e. The Morgan fingerprint density at radius 1 is 1.33 bits per heavy atom. The molecular weight excluding hydrogens is 299 g/mol. The number of hydrogen-bond acceptors (Lipinski definition) is 4. The monoisotopic (exact) mass is 312 g/mol. The molecule has 0 atom stereocenters. The molecule has 8 heteroatoms. The van der Waals surface area contributed by atoms with Crippen LogP contribution >= 0.6 is 23.2 Å². The van der Waals surface area contributed by atoms with Crippen molar-refractivity contribution in [3.05, 3.63) is 22.2 Å². The van der Waals surface area contributed by atoms with E-state index in [1.54, 1.807) is 0 Å². The van der Waals surface area contributed by atoms with Crippen LogP contribution in [0, 0.1) is 0 Å². The summed E-state index contributed by atoms with van der Waals surface area (Å²) in [4.78, 5) is -0.140. The maximum Gasteiger partial charge on any atom is 0.245 e. The molecule has 0 aliphatic heterocycles. The molecule has 0 aromatic heterocycles. The third-order valence-electron chi connectivity index (χ3n) is 2.30. The fraction of sp³-hybridized carbons (Fsp3) is 0.400. The number of likely N-dealkylation sites (N-methyl/N-ethyl adjacent to an activating group) is 1. The lowest BCUT2D eigenvalue weighted by Gasteiger charge is -2.18. The molecule has 1 aromatic carbocycles. The minimum absolute atomic E-state index is 0.00395. The first kappa shape index (κ1) is 15.5. The standard InChI is InChI=1S/C10H14Cl2N2O3S/c1-14(3-4-17-2)18(15,16)10-8(11)5-7(13)6-9(10)12/h5-6H,3-4,13H2,1-2H3. The van der Waals surface area contributed by atoms with E-state index in [0.29, 0.717) is 5.69 Å². The van der Waals surface area contributed by atoms with Crippen molar-refractivity contribution in [3.8, 4) is 0 Å². The van der Waals surface area contributed by atoms with Crippen molar-refractivity contribution in [2.75, 3.05) is 33.0 Å². The predicted molar refractivity (Wildman–Crippen MR) is 72.6 cm³/mol. The summed E-state index contributed by atoms with van der Waals surface area (Å²) in [6.45, 7) is 0.482. The molecule has 1 aromatic rings. The summed E-state index contributed by atoms with van der Waals surface area (Å²) in [6, 6.07) is 2.70. The third kappa shape index (κ3) is 3.27. The van der Waals surface area contributed by atoms with Crippen molar-refractivity contribution in [2.24, 2.45) is 0 Å². The molecule has 0 amide bonds. The van der Waals surface area contributed by atoms with Crippen LogP contribution in [0.4, 0.5) is 5.69 Å². The van der Waals surface area contributed by atoms with Crippen molar-refractivity contribution >= 4 is 38.9 Å². The topological polar surface area (TPSA) is 72.6 Å². The first-order chi connectivity index (χ1) is 8.30. The van der Waals surface area contributed by atoms with Gasteiger partial charge in [-0.1, -0.05) is 23.2 Å². The molecule has 0 spiro atoms. The molecule has 5 nitrogen and oxygen atoms in total. The number of halogens is 2. The van der Waals surface area contributed by atoms with Crippen LogP contribution in [-0.4, -0.2) is 40.0 Å². The van der Waals surface area contributed by atoms with Gasteiger partial charge < -0.3 is 10.5 Å². The number of hydrogen-bond donors (Lipinski definition) is 1. The van der Waals surface area contributed by atoms with E-state index < -0.39 is 10.0 Å². The molecule has 0 saturated heterocycles. The highest BCUT2D eigenvalue weighted by atomic mass is 35.5. The second-order valence-electron chi connectivity index (χ2n) is 3.63. The van der Waals surface area contributed by atoms with Crippen molar-refractivity contribution in [1.29, 1.82) is 0 Å². The number of nitrogens with zero attached hydrogens (tertiary/aromatic N) is 1. The maximum absolute atomic E-state index is 12.3. The van der Waals surface area contributed by atoms with E-state index in [4.69, 9.17) is 33.7 Å². The van der Waals surface area contributed by atoms with Gasteiger partial charge in [-0.2, -0.15) is 4.31 Å². The van der Waals surface area contributed by atoms with Gasteiger partial charge in [-0.15, -0.1) is 0 Å². The molecule has 0 unspecified atom stereocenters. The number of anilines is 1. The van der Waals surface area contributed by atoms with Gasteiger partial charge in [0.2, 0.25) is 10.0 Å². The maximum atomic E-state index is 12.3. The van der Waals surface area contributed by atoms with E-state index in [1.807, 2.05) is 0 Å². The molecule has 0 saturated carbocycles. The van der Waals surface area contributed by atoms with Crippen LogP contribution in [0.3, 0.4) is 0 Å². The first-order valence-electron chi connectivity index (χ1n) is 5.00. The van der Waals surface area contributed by atoms with E-state index in [0.717, 1.165) is 4.31 Å². The molecule has 0 bridgehead atoms. The Bertz CT molecular complexity index is 511. The molecule has 18 heavy (non-hydrogen) atoms. The van der Waals surface area contributed by atoms with Gasteiger partial charge in [0.1, 0.15) is 4.90 Å². The Balaban J connectivity index is 3.20. The molecule has 0 heterocycles. The van der Waals surface area contributed by atoms with E-state index >= 15 is 0 Å². The van der Waals surface area contributed by atoms with Crippen LogP contribution in [0.5, 0.6) is 0 Å². The zero-order valence-electron chi connectivity index (χ0n) is 9.98. The fourth-order valence-electron chi connectivity index (χ4n) is 1.32. The molecule has 102 valence electrons. The molecule has 2 N–H and O–H groups in total. The number of sulfonamides is 1. The van der Waals surface area contributed by atoms with Crippen LogP contribution in [0.15, 0.2) is 17.0 Å². The summed E-state index contributed by atoms with van der Waals surface area (Å²) in [5, 5.41) is 0.00790. The Labute approximate surface area is 116 Å². The lowest BCUT2D eigenvalue weighted by atomic mass is 10.3. The molecule has 0 aliphatic rings. The molecule has 0 aliphatic carbocycles. The van der Waals surface area contributed by atoms with Gasteiger partial charge in [-0.3, -0.25) is 0 Å². The van der Waals surface area contributed by atoms with Crippen LogP contribution in [0.1, 0.15) is 0 Å². The lowest BCUT2D eigenvalue weighted by molar-refractivity contribution is 0.185.